The average Bonchev–Trinajstić information content (AvgIpc) is 3.33. The number of hydrogen-bond donors (Lipinski definition) is 3. The van der Waals surface area contributed by atoms with Gasteiger partial charge in [-0.1, -0.05) is 6.92 Å². The fourth-order valence-electron chi connectivity index (χ4n) is 5.37. The third kappa shape index (κ3) is 1.65. The van der Waals surface area contributed by atoms with Gasteiger partial charge in [0, 0.05) is 6.92 Å². The summed E-state index contributed by atoms with van der Waals surface area (Å²) in [6.07, 6.45) is -3.87. The molecule has 2 saturated heterocycles. The van der Waals surface area contributed by atoms with Gasteiger partial charge in [0.1, 0.15) is 30.0 Å². The molecule has 1 spiro atoms. The minimum absolute atomic E-state index is 0.223. The zero-order valence-electron chi connectivity index (χ0n) is 14.3. The lowest BCUT2D eigenvalue weighted by Gasteiger charge is -2.58. The van der Waals surface area contributed by atoms with Crippen molar-refractivity contribution in [1.82, 2.24) is 0 Å². The molecular formula is C17H22O8. The Morgan fingerprint density at radius 1 is 1.44 bits per heavy atom. The van der Waals surface area contributed by atoms with Gasteiger partial charge in [-0.2, -0.15) is 0 Å². The van der Waals surface area contributed by atoms with Crippen molar-refractivity contribution < 1.29 is 39.1 Å². The van der Waals surface area contributed by atoms with Gasteiger partial charge in [-0.3, -0.25) is 9.59 Å². The van der Waals surface area contributed by atoms with Gasteiger partial charge < -0.3 is 29.5 Å². The number of hydrogen-bond acceptors (Lipinski definition) is 8. The van der Waals surface area contributed by atoms with Crippen LogP contribution in [-0.4, -0.2) is 76.4 Å². The Kier molecular flexibility index (Phi) is 3.35. The summed E-state index contributed by atoms with van der Waals surface area (Å²) in [5.74, 6) is -1.13. The second-order valence-electron chi connectivity index (χ2n) is 7.69. The molecule has 8 heteroatoms. The van der Waals surface area contributed by atoms with Crippen molar-refractivity contribution in [2.75, 3.05) is 13.2 Å². The van der Waals surface area contributed by atoms with E-state index in [2.05, 4.69) is 0 Å². The maximum absolute atomic E-state index is 12.5. The lowest BCUT2D eigenvalue weighted by atomic mass is 9.50. The average molecular weight is 354 g/mol. The first kappa shape index (κ1) is 17.1. The van der Waals surface area contributed by atoms with E-state index in [1.165, 1.54) is 6.92 Å². The van der Waals surface area contributed by atoms with Crippen molar-refractivity contribution in [3.63, 3.8) is 0 Å². The van der Waals surface area contributed by atoms with E-state index in [4.69, 9.17) is 14.2 Å². The molecule has 2 aliphatic heterocycles. The molecule has 8 nitrogen and oxygen atoms in total. The molecule has 0 amide bonds. The number of esters is 1. The van der Waals surface area contributed by atoms with Crippen molar-refractivity contribution >= 4 is 11.8 Å². The SMILES string of the molecule is CC(=O)OC1C(O)C2OC3C=C(C)C(=O)[C@@H](O)C3(CO)C1(C)C21CO1. The van der Waals surface area contributed by atoms with Gasteiger partial charge in [-0.05, 0) is 18.6 Å². The Labute approximate surface area is 144 Å². The summed E-state index contributed by atoms with van der Waals surface area (Å²) in [5, 5.41) is 32.0. The lowest BCUT2D eigenvalue weighted by molar-refractivity contribution is -0.255. The number of epoxide rings is 1. The summed E-state index contributed by atoms with van der Waals surface area (Å²) >= 11 is 0. The topological polar surface area (TPSA) is 126 Å². The van der Waals surface area contributed by atoms with Gasteiger partial charge >= 0.3 is 5.97 Å². The predicted octanol–water partition coefficient (Wildman–Crippen LogP) is -1.30. The van der Waals surface area contributed by atoms with E-state index in [9.17, 15) is 24.9 Å². The van der Waals surface area contributed by atoms with Crippen LogP contribution in [0.1, 0.15) is 20.8 Å². The van der Waals surface area contributed by atoms with Gasteiger partial charge in [0.05, 0.1) is 30.1 Å². The molecule has 4 rings (SSSR count). The van der Waals surface area contributed by atoms with Gasteiger partial charge in [0.2, 0.25) is 0 Å². The molecule has 3 fully saturated rings. The Morgan fingerprint density at radius 2 is 2.08 bits per heavy atom. The third-order valence-corrected chi connectivity index (χ3v) is 6.83. The van der Waals surface area contributed by atoms with Gasteiger partial charge in [-0.15, -0.1) is 0 Å². The molecule has 0 radical (unpaired) electrons. The highest BCUT2D eigenvalue weighted by Gasteiger charge is 2.87. The minimum Gasteiger partial charge on any atom is -0.459 e. The van der Waals surface area contributed by atoms with Crippen LogP contribution in [0, 0.1) is 10.8 Å². The van der Waals surface area contributed by atoms with E-state index in [0.29, 0.717) is 5.57 Å². The number of ether oxygens (including phenoxy) is 3. The molecule has 2 aliphatic carbocycles. The normalized spacial score (nSPS) is 53.4. The summed E-state index contributed by atoms with van der Waals surface area (Å²) in [6.45, 7) is 4.11. The molecule has 0 aromatic carbocycles. The molecule has 2 bridgehead atoms. The standard InChI is InChI=1S/C17H22O8/c1-7-4-9-16(5-18,12(22)10(7)20)15(3)13(24-8(2)19)11(21)14(25-9)17(15)6-23-17/h4,9,11-14,18,21-22H,5-6H2,1-3H3/t9?,11?,12-,13?,14?,15?,16?,17?/m1/s1. The van der Waals surface area contributed by atoms with Crippen LogP contribution in [0.4, 0.5) is 0 Å². The van der Waals surface area contributed by atoms with Crippen molar-refractivity contribution in [2.45, 2.75) is 56.9 Å². The lowest BCUT2D eigenvalue weighted by Crippen LogP contribution is -2.72. The van der Waals surface area contributed by atoms with E-state index >= 15 is 0 Å². The van der Waals surface area contributed by atoms with E-state index in [1.807, 2.05) is 0 Å². The number of rotatable bonds is 2. The molecule has 0 aromatic rings. The molecular weight excluding hydrogens is 332 g/mol. The van der Waals surface area contributed by atoms with Crippen LogP contribution >= 0.6 is 0 Å². The monoisotopic (exact) mass is 354 g/mol. The molecule has 1 saturated carbocycles. The maximum Gasteiger partial charge on any atom is 0.303 e. The highest BCUT2D eigenvalue weighted by molar-refractivity contribution is 6.00. The zero-order valence-corrected chi connectivity index (χ0v) is 14.3. The Hall–Kier alpha value is -1.32. The summed E-state index contributed by atoms with van der Waals surface area (Å²) in [7, 11) is 0. The fraction of sp³-hybridized carbons (Fsp3) is 0.765. The van der Waals surface area contributed by atoms with Gasteiger partial charge in [0.25, 0.3) is 0 Å². The van der Waals surface area contributed by atoms with Crippen LogP contribution in [0.25, 0.3) is 0 Å². The molecule has 7 unspecified atom stereocenters. The predicted molar refractivity (Wildman–Crippen MR) is 81.3 cm³/mol. The number of carbonyl (C=O) groups is 2. The van der Waals surface area contributed by atoms with E-state index in [1.54, 1.807) is 19.9 Å². The number of ketones is 1. The first-order valence-corrected chi connectivity index (χ1v) is 8.33. The second-order valence-corrected chi connectivity index (χ2v) is 7.69. The van der Waals surface area contributed by atoms with Crippen LogP contribution in [0.5, 0.6) is 0 Å². The van der Waals surface area contributed by atoms with Gasteiger partial charge in [0.15, 0.2) is 5.78 Å². The van der Waals surface area contributed by atoms with Crippen molar-refractivity contribution in [2.24, 2.45) is 10.8 Å². The van der Waals surface area contributed by atoms with Crippen molar-refractivity contribution in [3.05, 3.63) is 11.6 Å². The zero-order chi connectivity index (χ0) is 18.4. The highest BCUT2D eigenvalue weighted by Crippen LogP contribution is 2.71. The smallest absolute Gasteiger partial charge is 0.303 e. The molecule has 25 heavy (non-hydrogen) atoms. The second kappa shape index (κ2) is 4.89. The molecule has 8 atom stereocenters. The minimum atomic E-state index is -1.57. The first-order chi connectivity index (χ1) is 11.7. The summed E-state index contributed by atoms with van der Waals surface area (Å²) in [6, 6.07) is 0. The molecule has 0 aromatic heterocycles. The van der Waals surface area contributed by atoms with Crippen LogP contribution in [-0.2, 0) is 23.8 Å². The van der Waals surface area contributed by atoms with Gasteiger partial charge in [-0.25, -0.2) is 0 Å². The number of carbonyl (C=O) groups excluding carboxylic acids is 2. The summed E-state index contributed by atoms with van der Waals surface area (Å²) in [4.78, 5) is 24.1. The number of aliphatic hydroxyl groups excluding tert-OH is 3. The Bertz CT molecular complexity index is 682. The third-order valence-electron chi connectivity index (χ3n) is 6.83. The quantitative estimate of drug-likeness (QED) is 0.413. The highest BCUT2D eigenvalue weighted by atomic mass is 16.7. The largest absolute Gasteiger partial charge is 0.459 e. The van der Waals surface area contributed by atoms with E-state index < -0.39 is 65.3 Å². The Balaban J connectivity index is 1.96. The number of Topliss-reactive ketones (excluding diaryl/α,β-unsaturated/α-hetero) is 1. The summed E-state index contributed by atoms with van der Waals surface area (Å²) < 4.78 is 17.1. The molecule has 2 heterocycles. The Morgan fingerprint density at radius 3 is 2.60 bits per heavy atom. The molecule has 4 aliphatic rings. The molecule has 138 valence electrons. The van der Waals surface area contributed by atoms with Crippen LogP contribution in [0.2, 0.25) is 0 Å². The summed E-state index contributed by atoms with van der Waals surface area (Å²) in [5.41, 5.74) is -3.39. The van der Waals surface area contributed by atoms with Crippen molar-refractivity contribution in [1.29, 1.82) is 0 Å². The number of fused-ring (bicyclic) bond motifs is 2. The van der Waals surface area contributed by atoms with E-state index in [0.717, 1.165) is 0 Å². The fourth-order valence-corrected chi connectivity index (χ4v) is 5.37. The van der Waals surface area contributed by atoms with Crippen LogP contribution in [0.3, 0.4) is 0 Å². The van der Waals surface area contributed by atoms with Crippen LogP contribution in [0.15, 0.2) is 11.6 Å². The molecule has 3 N–H and O–H groups in total. The van der Waals surface area contributed by atoms with Crippen molar-refractivity contribution in [3.8, 4) is 0 Å². The van der Waals surface area contributed by atoms with Crippen LogP contribution < -0.4 is 0 Å². The number of aliphatic hydroxyl groups is 3. The maximum atomic E-state index is 12.5. The van der Waals surface area contributed by atoms with E-state index in [-0.39, 0.29) is 6.61 Å². The first-order valence-electron chi connectivity index (χ1n) is 8.33.